The Morgan fingerprint density at radius 1 is 1.08 bits per heavy atom. The van der Waals surface area contributed by atoms with E-state index in [4.69, 9.17) is 9.31 Å². The molecule has 7 heteroatoms. The first-order chi connectivity index (χ1) is 12.0. The van der Waals surface area contributed by atoms with Crippen LogP contribution in [0.15, 0.2) is 18.2 Å². The number of hydrogen-bond donors (Lipinski definition) is 0. The van der Waals surface area contributed by atoms with Gasteiger partial charge in [-0.25, -0.2) is 4.39 Å². The molecule has 1 spiro atoms. The number of likely N-dealkylation sites (tertiary alicyclic amines) is 1. The third-order valence-electron chi connectivity index (χ3n) is 6.41. The van der Waals surface area contributed by atoms with E-state index < -0.39 is 18.3 Å². The van der Waals surface area contributed by atoms with Crippen LogP contribution in [0, 0.1) is 11.2 Å². The molecule has 0 atom stereocenters. The molecular formula is C19H26BFN2O3. The van der Waals surface area contributed by atoms with Crippen molar-refractivity contribution < 1.29 is 18.5 Å². The molecule has 3 aliphatic heterocycles. The highest BCUT2D eigenvalue weighted by Gasteiger charge is 2.55. The third kappa shape index (κ3) is 2.55. The van der Waals surface area contributed by atoms with Crippen LogP contribution in [-0.2, 0) is 14.1 Å². The fourth-order valence-corrected chi connectivity index (χ4v) is 4.05. The number of carbonyl (C=O) groups is 1. The highest BCUT2D eigenvalue weighted by molar-refractivity contribution is 6.62. The molecule has 0 aromatic heterocycles. The fourth-order valence-electron chi connectivity index (χ4n) is 4.05. The second-order valence-corrected chi connectivity index (χ2v) is 9.00. The van der Waals surface area contributed by atoms with Gasteiger partial charge in [0.15, 0.2) is 0 Å². The van der Waals surface area contributed by atoms with Crippen molar-refractivity contribution in [3.05, 3.63) is 24.0 Å². The van der Waals surface area contributed by atoms with Gasteiger partial charge in [-0.3, -0.25) is 4.79 Å². The van der Waals surface area contributed by atoms with Crippen LogP contribution < -0.4 is 10.4 Å². The molecule has 3 heterocycles. The maximum Gasteiger partial charge on any atom is 0.497 e. The van der Waals surface area contributed by atoms with Gasteiger partial charge in [0.1, 0.15) is 5.82 Å². The number of carbonyl (C=O) groups excluding carboxylic acids is 1. The largest absolute Gasteiger partial charge is 0.497 e. The van der Waals surface area contributed by atoms with Crippen LogP contribution in [0.2, 0.25) is 0 Å². The molecule has 0 saturated carbocycles. The molecule has 3 saturated heterocycles. The topological polar surface area (TPSA) is 42.0 Å². The molecule has 140 valence electrons. The molecule has 5 nitrogen and oxygen atoms in total. The standard InChI is InChI=1S/C19H26BFN2O3/c1-13(24)22-9-19(10-22)11-23(12-19)15-8-6-7-14(16(15)21)20-25-17(2,3)18(4,5)26-20/h6-8H,9-12H2,1-5H3. The summed E-state index contributed by atoms with van der Waals surface area (Å²) in [5.41, 5.74) is 0.176. The third-order valence-corrected chi connectivity index (χ3v) is 6.41. The summed E-state index contributed by atoms with van der Waals surface area (Å²) in [5.74, 6) is -0.161. The van der Waals surface area contributed by atoms with Crippen molar-refractivity contribution in [2.45, 2.75) is 45.8 Å². The fraction of sp³-hybridized carbons (Fsp3) is 0.632. The smallest absolute Gasteiger partial charge is 0.399 e. The Bertz CT molecular complexity index is 737. The van der Waals surface area contributed by atoms with E-state index >= 15 is 4.39 Å². The lowest BCUT2D eigenvalue weighted by Crippen LogP contribution is -2.73. The van der Waals surface area contributed by atoms with Gasteiger partial charge in [0.2, 0.25) is 5.91 Å². The average Bonchev–Trinajstić information content (AvgIpc) is 2.65. The number of nitrogens with zero attached hydrogens (tertiary/aromatic N) is 2. The molecule has 0 aliphatic carbocycles. The van der Waals surface area contributed by atoms with E-state index in [0.717, 1.165) is 26.2 Å². The second kappa shape index (κ2) is 5.46. The molecule has 0 bridgehead atoms. The molecular weight excluding hydrogens is 334 g/mol. The highest BCUT2D eigenvalue weighted by atomic mass is 19.1. The van der Waals surface area contributed by atoms with E-state index in [9.17, 15) is 4.79 Å². The van der Waals surface area contributed by atoms with Crippen molar-refractivity contribution in [3.8, 4) is 0 Å². The maximum atomic E-state index is 15.2. The zero-order chi connectivity index (χ0) is 18.9. The summed E-state index contributed by atoms with van der Waals surface area (Å²) in [6.45, 7) is 12.6. The summed E-state index contributed by atoms with van der Waals surface area (Å²) in [4.78, 5) is 15.3. The first-order valence-electron chi connectivity index (χ1n) is 9.18. The van der Waals surface area contributed by atoms with Gasteiger partial charge in [-0.15, -0.1) is 0 Å². The Hall–Kier alpha value is -1.60. The van der Waals surface area contributed by atoms with Gasteiger partial charge in [-0.2, -0.15) is 0 Å². The van der Waals surface area contributed by atoms with Crippen LogP contribution in [0.5, 0.6) is 0 Å². The van der Waals surface area contributed by atoms with E-state index in [2.05, 4.69) is 0 Å². The lowest BCUT2D eigenvalue weighted by molar-refractivity contribution is -0.142. The SMILES string of the molecule is CC(=O)N1CC2(C1)CN(c1cccc(B3OC(C)(C)C(C)(C)O3)c1F)C2. The Balaban J connectivity index is 1.49. The van der Waals surface area contributed by atoms with E-state index in [1.54, 1.807) is 19.1 Å². The van der Waals surface area contributed by atoms with E-state index in [0.29, 0.717) is 11.2 Å². The van der Waals surface area contributed by atoms with Crippen molar-refractivity contribution in [1.82, 2.24) is 4.90 Å². The minimum atomic E-state index is -0.702. The molecule has 0 unspecified atom stereocenters. The Labute approximate surface area is 154 Å². The van der Waals surface area contributed by atoms with Gasteiger partial charge >= 0.3 is 7.12 Å². The van der Waals surface area contributed by atoms with Crippen LogP contribution in [-0.4, -0.2) is 55.3 Å². The first-order valence-corrected chi connectivity index (χ1v) is 9.18. The Kier molecular flexibility index (Phi) is 3.74. The van der Waals surface area contributed by atoms with Gasteiger partial charge in [0.25, 0.3) is 0 Å². The van der Waals surface area contributed by atoms with E-state index in [-0.39, 0.29) is 17.1 Å². The Morgan fingerprint density at radius 3 is 2.19 bits per heavy atom. The normalized spacial score (nSPS) is 25.2. The van der Waals surface area contributed by atoms with Crippen molar-refractivity contribution >= 4 is 24.2 Å². The van der Waals surface area contributed by atoms with Crippen molar-refractivity contribution in [2.24, 2.45) is 5.41 Å². The number of anilines is 1. The summed E-state index contributed by atoms with van der Waals surface area (Å²) in [6, 6.07) is 5.39. The van der Waals surface area contributed by atoms with Crippen molar-refractivity contribution in [2.75, 3.05) is 31.1 Å². The number of amides is 1. The number of hydrogen-bond acceptors (Lipinski definition) is 4. The van der Waals surface area contributed by atoms with Crippen LogP contribution >= 0.6 is 0 Å². The predicted molar refractivity (Wildman–Crippen MR) is 99.0 cm³/mol. The molecule has 26 heavy (non-hydrogen) atoms. The van der Waals surface area contributed by atoms with Crippen molar-refractivity contribution in [3.63, 3.8) is 0 Å². The second-order valence-electron chi connectivity index (χ2n) is 9.00. The average molecular weight is 360 g/mol. The number of benzene rings is 1. The van der Waals surface area contributed by atoms with E-state index in [1.165, 1.54) is 0 Å². The minimum Gasteiger partial charge on any atom is -0.399 e. The summed E-state index contributed by atoms with van der Waals surface area (Å²) in [5, 5.41) is 0. The van der Waals surface area contributed by atoms with Crippen LogP contribution in [0.3, 0.4) is 0 Å². The Morgan fingerprint density at radius 2 is 1.65 bits per heavy atom. The number of halogens is 1. The van der Waals surface area contributed by atoms with Gasteiger partial charge in [-0.1, -0.05) is 12.1 Å². The number of rotatable bonds is 2. The zero-order valence-electron chi connectivity index (χ0n) is 16.1. The lowest BCUT2D eigenvalue weighted by atomic mass is 9.72. The van der Waals surface area contributed by atoms with Gasteiger partial charge in [0, 0.05) is 44.0 Å². The predicted octanol–water partition coefficient (Wildman–Crippen LogP) is 1.79. The van der Waals surface area contributed by atoms with Crippen LogP contribution in [0.25, 0.3) is 0 Å². The zero-order valence-corrected chi connectivity index (χ0v) is 16.1. The lowest BCUT2D eigenvalue weighted by Gasteiger charge is -2.60. The summed E-state index contributed by atoms with van der Waals surface area (Å²) >= 11 is 0. The molecule has 0 N–H and O–H groups in total. The maximum absolute atomic E-state index is 15.2. The molecule has 3 fully saturated rings. The van der Waals surface area contributed by atoms with Crippen molar-refractivity contribution in [1.29, 1.82) is 0 Å². The monoisotopic (exact) mass is 360 g/mol. The summed E-state index contributed by atoms with van der Waals surface area (Å²) in [6.07, 6.45) is 0. The van der Waals surface area contributed by atoms with Gasteiger partial charge < -0.3 is 19.1 Å². The van der Waals surface area contributed by atoms with Crippen LogP contribution in [0.4, 0.5) is 10.1 Å². The molecule has 4 rings (SSSR count). The van der Waals surface area contributed by atoms with E-state index in [1.807, 2.05) is 43.6 Å². The molecule has 3 aliphatic rings. The molecule has 0 radical (unpaired) electrons. The molecule has 1 amide bonds. The van der Waals surface area contributed by atoms with Crippen LogP contribution in [0.1, 0.15) is 34.6 Å². The first kappa shape index (κ1) is 17.8. The molecule has 1 aromatic rings. The van der Waals surface area contributed by atoms with Gasteiger partial charge in [-0.05, 0) is 33.8 Å². The van der Waals surface area contributed by atoms with Gasteiger partial charge in [0.05, 0.1) is 16.9 Å². The molecule has 1 aromatic carbocycles. The summed E-state index contributed by atoms with van der Waals surface area (Å²) in [7, 11) is -0.702. The highest BCUT2D eigenvalue weighted by Crippen LogP contribution is 2.43. The quantitative estimate of drug-likeness (QED) is 0.755. The minimum absolute atomic E-state index is 0.114. The summed E-state index contributed by atoms with van der Waals surface area (Å²) < 4.78 is 27.2.